The summed E-state index contributed by atoms with van der Waals surface area (Å²) in [5, 5.41) is 0. The van der Waals surface area contributed by atoms with Gasteiger partial charge in [-0.25, -0.2) is 4.98 Å². The van der Waals surface area contributed by atoms with Crippen LogP contribution in [0.1, 0.15) is 24.2 Å². The molecule has 4 rings (SSSR count). The molecule has 1 aliphatic rings. The third-order valence-corrected chi connectivity index (χ3v) is 8.09. The van der Waals surface area contributed by atoms with Gasteiger partial charge in [0.2, 0.25) is 0 Å². The van der Waals surface area contributed by atoms with Crippen molar-refractivity contribution < 1.29 is 4.74 Å². The number of rotatable bonds is 9. The standard InChI is InChI=1S/C26H37N3OSi/c1-31(2,3)18-17-30-21-29-25-12-8-7-11-24(25)27-26(29)20-28-15-13-23(14-16-28)19-22-9-5-4-6-10-22/h4-12,23H,13-21H2,1-3H3. The molecule has 5 heteroatoms. The van der Waals surface area contributed by atoms with Crippen LogP contribution in [0.2, 0.25) is 25.7 Å². The zero-order valence-electron chi connectivity index (χ0n) is 19.4. The van der Waals surface area contributed by atoms with Gasteiger partial charge in [0, 0.05) is 14.7 Å². The van der Waals surface area contributed by atoms with Gasteiger partial charge < -0.3 is 9.30 Å². The van der Waals surface area contributed by atoms with Gasteiger partial charge >= 0.3 is 0 Å². The largest absolute Gasteiger partial charge is 0.361 e. The van der Waals surface area contributed by atoms with Gasteiger partial charge in [-0.05, 0) is 62.0 Å². The van der Waals surface area contributed by atoms with Crippen LogP contribution in [0.3, 0.4) is 0 Å². The lowest BCUT2D eigenvalue weighted by atomic mass is 9.90. The van der Waals surface area contributed by atoms with Gasteiger partial charge in [0.05, 0.1) is 17.6 Å². The van der Waals surface area contributed by atoms with Gasteiger partial charge in [-0.1, -0.05) is 62.1 Å². The number of ether oxygens (including phenoxy) is 1. The number of para-hydroxylation sites is 2. The molecule has 4 nitrogen and oxygen atoms in total. The minimum Gasteiger partial charge on any atom is -0.361 e. The first kappa shape index (κ1) is 22.2. The smallest absolute Gasteiger partial charge is 0.126 e. The van der Waals surface area contributed by atoms with E-state index >= 15 is 0 Å². The van der Waals surface area contributed by atoms with E-state index in [4.69, 9.17) is 9.72 Å². The molecule has 0 amide bonds. The van der Waals surface area contributed by atoms with Crippen molar-refractivity contribution >= 4 is 19.1 Å². The van der Waals surface area contributed by atoms with E-state index in [2.05, 4.69) is 83.7 Å². The zero-order chi connectivity index (χ0) is 21.7. The molecule has 0 atom stereocenters. The zero-order valence-corrected chi connectivity index (χ0v) is 20.4. The number of imidazole rings is 1. The van der Waals surface area contributed by atoms with Crippen LogP contribution in [0.4, 0.5) is 0 Å². The maximum Gasteiger partial charge on any atom is 0.126 e. The molecule has 3 aromatic rings. The molecule has 0 unspecified atom stereocenters. The summed E-state index contributed by atoms with van der Waals surface area (Å²) >= 11 is 0. The third-order valence-electron chi connectivity index (χ3n) is 6.39. The summed E-state index contributed by atoms with van der Waals surface area (Å²) in [6, 6.07) is 20.6. The molecule has 1 aromatic heterocycles. The third kappa shape index (κ3) is 6.28. The molecule has 0 radical (unpaired) electrons. The van der Waals surface area contributed by atoms with Crippen molar-refractivity contribution in [3.63, 3.8) is 0 Å². The fraction of sp³-hybridized carbons (Fsp3) is 0.500. The molecule has 166 valence electrons. The Bertz CT molecular complexity index is 956. The molecular weight excluding hydrogens is 398 g/mol. The fourth-order valence-electron chi connectivity index (χ4n) is 4.42. The second-order valence-electron chi connectivity index (χ2n) is 10.2. The lowest BCUT2D eigenvalue weighted by Gasteiger charge is -2.32. The summed E-state index contributed by atoms with van der Waals surface area (Å²) < 4.78 is 8.40. The number of fused-ring (bicyclic) bond motifs is 1. The molecule has 2 heterocycles. The highest BCUT2D eigenvalue weighted by atomic mass is 28.3. The van der Waals surface area contributed by atoms with Crippen molar-refractivity contribution in [2.24, 2.45) is 5.92 Å². The summed E-state index contributed by atoms with van der Waals surface area (Å²) in [5.41, 5.74) is 3.73. The Morgan fingerprint density at radius 3 is 2.42 bits per heavy atom. The quantitative estimate of drug-likeness (QED) is 0.314. The number of likely N-dealkylation sites (tertiary alicyclic amines) is 1. The average molecular weight is 436 g/mol. The number of aromatic nitrogens is 2. The van der Waals surface area contributed by atoms with Gasteiger partial charge in [-0.15, -0.1) is 0 Å². The topological polar surface area (TPSA) is 30.3 Å². The monoisotopic (exact) mass is 435 g/mol. The summed E-state index contributed by atoms with van der Waals surface area (Å²) in [5.74, 6) is 1.93. The highest BCUT2D eigenvalue weighted by Crippen LogP contribution is 2.24. The van der Waals surface area contributed by atoms with E-state index in [0.717, 1.165) is 43.5 Å². The molecule has 0 spiro atoms. The van der Waals surface area contributed by atoms with Crippen molar-refractivity contribution in [3.8, 4) is 0 Å². The van der Waals surface area contributed by atoms with Crippen LogP contribution < -0.4 is 0 Å². The minimum atomic E-state index is -1.07. The minimum absolute atomic E-state index is 0.602. The van der Waals surface area contributed by atoms with Gasteiger partial charge in [0.25, 0.3) is 0 Å². The van der Waals surface area contributed by atoms with E-state index in [-0.39, 0.29) is 0 Å². The first-order chi connectivity index (χ1) is 15.0. The summed E-state index contributed by atoms with van der Waals surface area (Å²) in [6.07, 6.45) is 3.74. The van der Waals surface area contributed by atoms with Crippen LogP contribution in [0.15, 0.2) is 54.6 Å². The first-order valence-corrected chi connectivity index (χ1v) is 15.5. The highest BCUT2D eigenvalue weighted by Gasteiger charge is 2.22. The molecule has 31 heavy (non-hydrogen) atoms. The molecular formula is C26H37N3OSi. The maximum atomic E-state index is 6.11. The maximum absolute atomic E-state index is 6.11. The van der Waals surface area contributed by atoms with Crippen LogP contribution in [0.5, 0.6) is 0 Å². The fourth-order valence-corrected chi connectivity index (χ4v) is 5.18. The second-order valence-corrected chi connectivity index (χ2v) is 15.8. The molecule has 0 bridgehead atoms. The van der Waals surface area contributed by atoms with E-state index in [0.29, 0.717) is 6.73 Å². The van der Waals surface area contributed by atoms with Gasteiger partial charge in [-0.2, -0.15) is 0 Å². The van der Waals surface area contributed by atoms with Crippen molar-refractivity contribution in [2.45, 2.75) is 58.2 Å². The number of piperidine rings is 1. The van der Waals surface area contributed by atoms with Crippen LogP contribution in [-0.2, 0) is 24.4 Å². The van der Waals surface area contributed by atoms with Gasteiger partial charge in [-0.3, -0.25) is 4.90 Å². The van der Waals surface area contributed by atoms with E-state index in [1.54, 1.807) is 0 Å². The molecule has 0 N–H and O–H groups in total. The summed E-state index contributed by atoms with van der Waals surface area (Å²) in [4.78, 5) is 7.54. The van der Waals surface area contributed by atoms with E-state index in [1.807, 2.05) is 0 Å². The number of benzene rings is 2. The van der Waals surface area contributed by atoms with Gasteiger partial charge in [0.1, 0.15) is 12.6 Å². The number of nitrogens with zero attached hydrogens (tertiary/aromatic N) is 3. The summed E-state index contributed by atoms with van der Waals surface area (Å²) in [7, 11) is -1.07. The van der Waals surface area contributed by atoms with Crippen LogP contribution in [-0.4, -0.2) is 42.2 Å². The molecule has 1 aliphatic heterocycles. The normalized spacial score (nSPS) is 16.2. The Morgan fingerprint density at radius 2 is 1.68 bits per heavy atom. The first-order valence-electron chi connectivity index (χ1n) is 11.8. The lowest BCUT2D eigenvalue weighted by Crippen LogP contribution is -2.34. The summed E-state index contributed by atoms with van der Waals surface area (Å²) in [6.45, 7) is 11.8. The van der Waals surface area contributed by atoms with Crippen LogP contribution >= 0.6 is 0 Å². The SMILES string of the molecule is C[Si](C)(C)CCOCn1c(CN2CCC(Cc3ccccc3)CC2)nc2ccccc21. The van der Waals surface area contributed by atoms with Crippen LogP contribution in [0.25, 0.3) is 11.0 Å². The Balaban J connectivity index is 1.37. The predicted molar refractivity (Wildman–Crippen MR) is 132 cm³/mol. The molecule has 0 aliphatic carbocycles. The van der Waals surface area contributed by atoms with E-state index in [1.165, 1.54) is 36.4 Å². The van der Waals surface area contributed by atoms with Crippen molar-refractivity contribution in [1.29, 1.82) is 0 Å². The van der Waals surface area contributed by atoms with Crippen LogP contribution in [0, 0.1) is 5.92 Å². The highest BCUT2D eigenvalue weighted by molar-refractivity contribution is 6.76. The molecule has 1 saturated heterocycles. The second kappa shape index (κ2) is 10.1. The Morgan fingerprint density at radius 1 is 0.968 bits per heavy atom. The lowest BCUT2D eigenvalue weighted by molar-refractivity contribution is 0.0842. The van der Waals surface area contributed by atoms with E-state index < -0.39 is 8.07 Å². The molecule has 0 saturated carbocycles. The molecule has 1 fully saturated rings. The Kier molecular flexibility index (Phi) is 7.26. The number of hydrogen-bond acceptors (Lipinski definition) is 3. The molecule has 2 aromatic carbocycles. The Labute approximate surface area is 188 Å². The van der Waals surface area contributed by atoms with Crippen molar-refractivity contribution in [2.75, 3.05) is 19.7 Å². The predicted octanol–water partition coefficient (Wildman–Crippen LogP) is 5.80. The van der Waals surface area contributed by atoms with Crippen molar-refractivity contribution in [3.05, 3.63) is 66.0 Å². The Hall–Kier alpha value is -1.95. The van der Waals surface area contributed by atoms with E-state index in [9.17, 15) is 0 Å². The van der Waals surface area contributed by atoms with Crippen molar-refractivity contribution in [1.82, 2.24) is 14.5 Å². The average Bonchev–Trinajstić information content (AvgIpc) is 3.10. The number of hydrogen-bond donors (Lipinski definition) is 0. The van der Waals surface area contributed by atoms with Gasteiger partial charge in [0.15, 0.2) is 0 Å².